The van der Waals surface area contributed by atoms with Gasteiger partial charge in [0.2, 0.25) is 0 Å². The summed E-state index contributed by atoms with van der Waals surface area (Å²) < 4.78 is 39.1. The van der Waals surface area contributed by atoms with Crippen LogP contribution in [0.2, 0.25) is 0 Å². The molecule has 3 aromatic carbocycles. The third-order valence-corrected chi connectivity index (χ3v) is 4.99. The van der Waals surface area contributed by atoms with Crippen molar-refractivity contribution in [3.63, 3.8) is 0 Å². The van der Waals surface area contributed by atoms with E-state index in [1.807, 2.05) is 19.9 Å². The number of carboxylic acids is 1. The van der Waals surface area contributed by atoms with Gasteiger partial charge in [-0.05, 0) is 65.4 Å². The summed E-state index contributed by atoms with van der Waals surface area (Å²) in [5.41, 5.74) is 3.22. The van der Waals surface area contributed by atoms with Crippen molar-refractivity contribution in [3.05, 3.63) is 83.7 Å². The molecule has 0 aliphatic carbocycles. The van der Waals surface area contributed by atoms with Crippen LogP contribution in [0.3, 0.4) is 0 Å². The number of hydrogen-bond acceptors (Lipinski definition) is 2. The molecule has 0 fully saturated rings. The zero-order valence-electron chi connectivity index (χ0n) is 17.3. The van der Waals surface area contributed by atoms with E-state index in [1.54, 1.807) is 36.4 Å². The zero-order valence-corrected chi connectivity index (χ0v) is 17.3. The Morgan fingerprint density at radius 3 is 2.06 bits per heavy atom. The van der Waals surface area contributed by atoms with Crippen LogP contribution in [0, 0.1) is 11.7 Å². The number of hydrogen-bond donors (Lipinski definition) is 2. The van der Waals surface area contributed by atoms with Gasteiger partial charge >= 0.3 is 5.97 Å². The van der Waals surface area contributed by atoms with Crippen LogP contribution in [0.25, 0.3) is 11.1 Å². The quantitative estimate of drug-likeness (QED) is 0.394. The van der Waals surface area contributed by atoms with Gasteiger partial charge in [-0.25, -0.2) is 13.2 Å². The van der Waals surface area contributed by atoms with Gasteiger partial charge in [-0.2, -0.15) is 0 Å². The third kappa shape index (κ3) is 5.87. The molecule has 0 amide bonds. The van der Waals surface area contributed by atoms with Gasteiger partial charge in [0.25, 0.3) is 6.43 Å². The molecule has 3 rings (SSSR count). The fourth-order valence-corrected chi connectivity index (χ4v) is 3.46. The van der Waals surface area contributed by atoms with Crippen molar-refractivity contribution in [2.75, 3.05) is 5.32 Å². The van der Waals surface area contributed by atoms with Crippen LogP contribution in [0.4, 0.5) is 24.5 Å². The molecule has 3 aromatic rings. The second-order valence-corrected chi connectivity index (χ2v) is 7.92. The molecule has 0 saturated carbocycles. The third-order valence-electron chi connectivity index (χ3n) is 4.99. The highest BCUT2D eigenvalue weighted by atomic mass is 19.3. The first-order valence-corrected chi connectivity index (χ1v) is 10.0. The van der Waals surface area contributed by atoms with Crippen molar-refractivity contribution < 1.29 is 23.1 Å². The Hall–Kier alpha value is -3.28. The van der Waals surface area contributed by atoms with Gasteiger partial charge in [0.15, 0.2) is 0 Å². The van der Waals surface area contributed by atoms with Gasteiger partial charge in [-0.3, -0.25) is 4.79 Å². The molecule has 162 valence electrons. The Balaban J connectivity index is 2.05. The molecule has 0 aliphatic rings. The van der Waals surface area contributed by atoms with Crippen LogP contribution >= 0.6 is 0 Å². The van der Waals surface area contributed by atoms with Crippen LogP contribution in [0.1, 0.15) is 43.7 Å². The summed E-state index contributed by atoms with van der Waals surface area (Å²) in [5, 5.41) is 13.0. The van der Waals surface area contributed by atoms with E-state index in [1.165, 1.54) is 24.3 Å². The highest BCUT2D eigenvalue weighted by Crippen LogP contribution is 2.33. The summed E-state index contributed by atoms with van der Waals surface area (Å²) in [5.74, 6) is -1.83. The number of nitrogens with one attached hydrogen (secondary N) is 1. The van der Waals surface area contributed by atoms with E-state index in [4.69, 9.17) is 0 Å². The lowest BCUT2D eigenvalue weighted by Crippen LogP contribution is -2.14. The molecule has 0 radical (unpaired) electrons. The maximum absolute atomic E-state index is 13.2. The molecule has 0 aliphatic heterocycles. The molecule has 0 bridgehead atoms. The molecular formula is C25H24F3NO2. The zero-order chi connectivity index (χ0) is 22.5. The normalized spacial score (nSPS) is 12.2. The summed E-state index contributed by atoms with van der Waals surface area (Å²) in [6, 6.07) is 17.1. The Bertz CT molecular complexity index is 1030. The van der Waals surface area contributed by atoms with Gasteiger partial charge in [0.1, 0.15) is 5.82 Å². The number of carboxylic acid groups (broad SMARTS) is 1. The van der Waals surface area contributed by atoms with Crippen LogP contribution in [-0.2, 0) is 4.79 Å². The molecule has 1 atom stereocenters. The Morgan fingerprint density at radius 2 is 1.52 bits per heavy atom. The maximum atomic E-state index is 13.2. The summed E-state index contributed by atoms with van der Waals surface area (Å²) >= 11 is 0. The van der Waals surface area contributed by atoms with E-state index >= 15 is 0 Å². The lowest BCUT2D eigenvalue weighted by atomic mass is 9.88. The van der Waals surface area contributed by atoms with Crippen molar-refractivity contribution in [3.8, 4) is 11.1 Å². The topological polar surface area (TPSA) is 49.3 Å². The van der Waals surface area contributed by atoms with Crippen molar-refractivity contribution in [2.24, 2.45) is 5.92 Å². The molecule has 0 spiro atoms. The first kappa shape index (κ1) is 22.4. The van der Waals surface area contributed by atoms with Crippen molar-refractivity contribution in [1.29, 1.82) is 0 Å². The van der Waals surface area contributed by atoms with Crippen LogP contribution in [0.5, 0.6) is 0 Å². The average Bonchev–Trinajstić information content (AvgIpc) is 2.73. The lowest BCUT2D eigenvalue weighted by molar-refractivity contribution is -0.139. The number of alkyl halides is 2. The summed E-state index contributed by atoms with van der Waals surface area (Å²) in [4.78, 5) is 12.0. The largest absolute Gasteiger partial charge is 0.481 e. The highest BCUT2D eigenvalue weighted by Gasteiger charge is 2.22. The van der Waals surface area contributed by atoms with Crippen LogP contribution in [0.15, 0.2) is 66.7 Å². The number of aliphatic carboxylic acids is 1. The Kier molecular flexibility index (Phi) is 7.00. The molecule has 31 heavy (non-hydrogen) atoms. The summed E-state index contributed by atoms with van der Waals surface area (Å²) in [6.45, 7) is 3.92. The van der Waals surface area contributed by atoms with Gasteiger partial charge in [-0.1, -0.05) is 44.2 Å². The van der Waals surface area contributed by atoms with E-state index in [9.17, 15) is 23.1 Å². The van der Waals surface area contributed by atoms with E-state index in [0.29, 0.717) is 34.5 Å². The highest BCUT2D eigenvalue weighted by molar-refractivity contribution is 5.80. The van der Waals surface area contributed by atoms with Crippen LogP contribution < -0.4 is 5.32 Å². The molecule has 2 N–H and O–H groups in total. The Morgan fingerprint density at radius 1 is 0.871 bits per heavy atom. The SMILES string of the molecule is CC(C)CC(C(=O)O)c1cc(Nc2ccc(F)cc2)cc(-c2ccc(C(F)F)cc2)c1. The van der Waals surface area contributed by atoms with Gasteiger partial charge in [-0.15, -0.1) is 0 Å². The van der Waals surface area contributed by atoms with Gasteiger partial charge in [0, 0.05) is 16.9 Å². The van der Waals surface area contributed by atoms with E-state index in [2.05, 4.69) is 5.32 Å². The summed E-state index contributed by atoms with van der Waals surface area (Å²) in [6.07, 6.45) is -2.10. The van der Waals surface area contributed by atoms with Crippen LogP contribution in [-0.4, -0.2) is 11.1 Å². The summed E-state index contributed by atoms with van der Waals surface area (Å²) in [7, 11) is 0. The minimum atomic E-state index is -2.56. The first-order chi connectivity index (χ1) is 14.7. The second-order valence-electron chi connectivity index (χ2n) is 7.92. The van der Waals surface area contributed by atoms with E-state index in [0.717, 1.165) is 0 Å². The standard InChI is InChI=1S/C25H24F3NO2/c1-15(2)11-23(25(30)31)19-12-18(16-3-5-17(6-4-16)24(27)28)13-22(14-19)29-21-9-7-20(26)8-10-21/h3-10,12-15,23-24,29H,11H2,1-2H3,(H,30,31). The van der Waals surface area contributed by atoms with Gasteiger partial charge < -0.3 is 10.4 Å². The smallest absolute Gasteiger partial charge is 0.310 e. The van der Waals surface area contributed by atoms with Crippen molar-refractivity contribution in [2.45, 2.75) is 32.6 Å². The molecule has 3 nitrogen and oxygen atoms in total. The minimum Gasteiger partial charge on any atom is -0.481 e. The number of benzene rings is 3. The molecular weight excluding hydrogens is 403 g/mol. The minimum absolute atomic E-state index is 0.0761. The number of rotatable bonds is 8. The monoisotopic (exact) mass is 427 g/mol. The van der Waals surface area contributed by atoms with Gasteiger partial charge in [0.05, 0.1) is 5.92 Å². The number of halogens is 3. The molecule has 0 aromatic heterocycles. The predicted molar refractivity (Wildman–Crippen MR) is 116 cm³/mol. The Labute approximate surface area is 179 Å². The van der Waals surface area contributed by atoms with E-state index < -0.39 is 18.3 Å². The average molecular weight is 427 g/mol. The van der Waals surface area contributed by atoms with E-state index in [-0.39, 0.29) is 17.3 Å². The molecule has 6 heteroatoms. The van der Waals surface area contributed by atoms with Crippen molar-refractivity contribution >= 4 is 17.3 Å². The molecule has 0 heterocycles. The predicted octanol–water partition coefficient (Wildman–Crippen LogP) is 7.39. The fraction of sp³-hybridized carbons (Fsp3) is 0.240. The fourth-order valence-electron chi connectivity index (χ4n) is 3.46. The first-order valence-electron chi connectivity index (χ1n) is 10.0. The lowest BCUT2D eigenvalue weighted by Gasteiger charge is -2.19. The number of anilines is 2. The molecule has 1 unspecified atom stereocenters. The second kappa shape index (κ2) is 9.69. The van der Waals surface area contributed by atoms with Crippen molar-refractivity contribution in [1.82, 2.24) is 0 Å². The number of carbonyl (C=O) groups is 1. The maximum Gasteiger partial charge on any atom is 0.310 e. The molecule has 0 saturated heterocycles.